The number of amides is 1. The molecule has 0 spiro atoms. The zero-order valence-corrected chi connectivity index (χ0v) is 13.1. The molecule has 4 N–H and O–H groups in total. The van der Waals surface area contributed by atoms with Crippen molar-refractivity contribution in [1.82, 2.24) is 0 Å². The SMILES string of the molecule is C[NH+](C)CC[NH2+]CC(=O)Nc1cc(C(F)(F)F)cc(C(F)(F)F)c1. The third kappa shape index (κ3) is 6.75. The van der Waals surface area contributed by atoms with Crippen LogP contribution in [0.15, 0.2) is 18.2 Å². The minimum Gasteiger partial charge on any atom is -0.335 e. The lowest BCUT2D eigenvalue weighted by atomic mass is 10.1. The molecule has 10 heteroatoms. The fraction of sp³-hybridized carbons (Fsp3) is 0.500. The summed E-state index contributed by atoms with van der Waals surface area (Å²) in [6.07, 6.45) is -9.89. The first kappa shape index (κ1) is 20.2. The summed E-state index contributed by atoms with van der Waals surface area (Å²) in [4.78, 5) is 12.8. The van der Waals surface area contributed by atoms with Crippen LogP contribution in [0.4, 0.5) is 32.0 Å². The summed E-state index contributed by atoms with van der Waals surface area (Å²) < 4.78 is 76.3. The Hall–Kier alpha value is -1.81. The third-order valence-corrected chi connectivity index (χ3v) is 3.05. The van der Waals surface area contributed by atoms with Gasteiger partial charge >= 0.3 is 12.4 Å². The molecule has 136 valence electrons. The minimum atomic E-state index is -4.94. The van der Waals surface area contributed by atoms with Crippen molar-refractivity contribution in [2.45, 2.75) is 12.4 Å². The topological polar surface area (TPSA) is 50.2 Å². The normalized spacial score (nSPS) is 12.5. The highest BCUT2D eigenvalue weighted by atomic mass is 19.4. The first-order chi connectivity index (χ1) is 10.9. The number of rotatable bonds is 6. The largest absolute Gasteiger partial charge is 0.416 e. The number of nitrogens with one attached hydrogen (secondary N) is 2. The van der Waals surface area contributed by atoms with E-state index in [-0.39, 0.29) is 12.6 Å². The lowest BCUT2D eigenvalue weighted by Crippen LogP contribution is -3.09. The van der Waals surface area contributed by atoms with Crippen molar-refractivity contribution in [2.75, 3.05) is 39.0 Å². The van der Waals surface area contributed by atoms with Crippen LogP contribution in [0.3, 0.4) is 0 Å². The molecule has 0 bridgehead atoms. The lowest BCUT2D eigenvalue weighted by Gasteiger charge is -2.14. The standard InChI is InChI=1S/C14H17F6N3O/c1-23(2)4-3-21-8-12(24)22-11-6-9(13(15,16)17)5-10(7-11)14(18,19)20/h5-7,21H,3-4,8H2,1-2H3,(H,22,24)/p+2. The van der Waals surface area contributed by atoms with Gasteiger partial charge < -0.3 is 15.5 Å². The van der Waals surface area contributed by atoms with E-state index in [1.165, 1.54) is 0 Å². The molecule has 0 heterocycles. The molecular formula is C14H19F6N3O+2. The van der Waals surface area contributed by atoms with Crippen molar-refractivity contribution in [3.05, 3.63) is 29.3 Å². The van der Waals surface area contributed by atoms with Crippen LogP contribution >= 0.6 is 0 Å². The number of benzene rings is 1. The zero-order chi connectivity index (χ0) is 18.5. The van der Waals surface area contributed by atoms with Crippen molar-refractivity contribution < 1.29 is 41.4 Å². The van der Waals surface area contributed by atoms with Crippen molar-refractivity contribution in [2.24, 2.45) is 0 Å². The van der Waals surface area contributed by atoms with Crippen molar-refractivity contribution in [3.63, 3.8) is 0 Å². The Balaban J connectivity index is 2.85. The molecule has 0 atom stereocenters. The Labute approximate surface area is 134 Å². The average molecular weight is 359 g/mol. The molecule has 0 saturated heterocycles. The molecule has 0 aromatic heterocycles. The van der Waals surface area contributed by atoms with Gasteiger partial charge in [0.2, 0.25) is 0 Å². The molecule has 0 unspecified atom stereocenters. The van der Waals surface area contributed by atoms with E-state index in [4.69, 9.17) is 0 Å². The van der Waals surface area contributed by atoms with Crippen LogP contribution in [-0.2, 0) is 17.1 Å². The van der Waals surface area contributed by atoms with Gasteiger partial charge in [0.05, 0.1) is 25.2 Å². The fourth-order valence-electron chi connectivity index (χ4n) is 1.86. The Morgan fingerprint density at radius 1 is 1.04 bits per heavy atom. The second-order valence-corrected chi connectivity index (χ2v) is 5.58. The molecule has 1 rings (SSSR count). The van der Waals surface area contributed by atoms with Gasteiger partial charge in [-0.05, 0) is 18.2 Å². The average Bonchev–Trinajstić information content (AvgIpc) is 2.41. The van der Waals surface area contributed by atoms with Crippen molar-refractivity contribution >= 4 is 11.6 Å². The molecule has 1 amide bonds. The number of alkyl halides is 6. The van der Waals surface area contributed by atoms with Crippen LogP contribution in [0.2, 0.25) is 0 Å². The maximum atomic E-state index is 12.7. The summed E-state index contributed by atoms with van der Waals surface area (Å²) in [5, 5.41) is 3.70. The van der Waals surface area contributed by atoms with Gasteiger partial charge in [-0.15, -0.1) is 0 Å². The first-order valence-electron chi connectivity index (χ1n) is 7.09. The van der Waals surface area contributed by atoms with Gasteiger partial charge in [-0.25, -0.2) is 0 Å². The van der Waals surface area contributed by atoms with Gasteiger partial charge in [-0.3, -0.25) is 4.79 Å². The van der Waals surface area contributed by atoms with E-state index >= 15 is 0 Å². The molecule has 0 aliphatic heterocycles. The Morgan fingerprint density at radius 2 is 1.54 bits per heavy atom. The Bertz CT molecular complexity index is 536. The first-order valence-corrected chi connectivity index (χ1v) is 7.09. The maximum Gasteiger partial charge on any atom is 0.416 e. The summed E-state index contributed by atoms with van der Waals surface area (Å²) in [5.41, 5.74) is -3.46. The predicted molar refractivity (Wildman–Crippen MR) is 74.4 cm³/mol. The number of carbonyl (C=O) groups excluding carboxylic acids is 1. The van der Waals surface area contributed by atoms with Crippen LogP contribution < -0.4 is 15.5 Å². The smallest absolute Gasteiger partial charge is 0.335 e. The Kier molecular flexibility index (Phi) is 6.61. The highest BCUT2D eigenvalue weighted by molar-refractivity contribution is 5.91. The Morgan fingerprint density at radius 3 is 1.96 bits per heavy atom. The molecule has 24 heavy (non-hydrogen) atoms. The van der Waals surface area contributed by atoms with Gasteiger partial charge in [-0.2, -0.15) is 26.3 Å². The number of nitrogens with two attached hydrogens (primary N) is 1. The number of hydrogen-bond acceptors (Lipinski definition) is 1. The van der Waals surface area contributed by atoms with Gasteiger partial charge in [0.25, 0.3) is 5.91 Å². The van der Waals surface area contributed by atoms with E-state index in [0.29, 0.717) is 18.7 Å². The summed E-state index contributed by atoms with van der Waals surface area (Å²) in [6.45, 7) is 1.27. The highest BCUT2D eigenvalue weighted by Gasteiger charge is 2.37. The molecule has 0 aliphatic rings. The van der Waals surface area contributed by atoms with Gasteiger partial charge in [0.15, 0.2) is 6.54 Å². The number of likely N-dealkylation sites (N-methyl/N-ethyl adjacent to an activating group) is 1. The second kappa shape index (κ2) is 7.84. The van der Waals surface area contributed by atoms with Crippen LogP contribution in [-0.4, -0.2) is 39.6 Å². The van der Waals surface area contributed by atoms with E-state index in [0.717, 1.165) is 11.4 Å². The monoisotopic (exact) mass is 359 g/mol. The van der Waals surface area contributed by atoms with Gasteiger partial charge in [0, 0.05) is 5.69 Å². The van der Waals surface area contributed by atoms with Crippen LogP contribution in [0, 0.1) is 0 Å². The molecule has 1 aromatic rings. The van der Waals surface area contributed by atoms with Crippen molar-refractivity contribution in [1.29, 1.82) is 0 Å². The van der Waals surface area contributed by atoms with Crippen LogP contribution in [0.25, 0.3) is 0 Å². The van der Waals surface area contributed by atoms with Crippen molar-refractivity contribution in [3.8, 4) is 0 Å². The number of halogens is 6. The number of carbonyl (C=O) groups is 1. The fourth-order valence-corrected chi connectivity index (χ4v) is 1.86. The molecule has 0 radical (unpaired) electrons. The summed E-state index contributed by atoms with van der Waals surface area (Å²) in [6, 6.07) is 0.982. The number of quaternary nitrogens is 2. The van der Waals surface area contributed by atoms with Crippen LogP contribution in [0.5, 0.6) is 0 Å². The quantitative estimate of drug-likeness (QED) is 0.499. The third-order valence-electron chi connectivity index (χ3n) is 3.05. The van der Waals surface area contributed by atoms with E-state index in [9.17, 15) is 31.1 Å². The van der Waals surface area contributed by atoms with E-state index in [1.807, 2.05) is 14.1 Å². The summed E-state index contributed by atoms with van der Waals surface area (Å²) >= 11 is 0. The maximum absolute atomic E-state index is 12.7. The number of hydrogen-bond donors (Lipinski definition) is 3. The molecule has 4 nitrogen and oxygen atoms in total. The predicted octanol–water partition coefficient (Wildman–Crippen LogP) is 0.371. The van der Waals surface area contributed by atoms with E-state index in [1.54, 1.807) is 5.32 Å². The van der Waals surface area contributed by atoms with E-state index in [2.05, 4.69) is 5.32 Å². The van der Waals surface area contributed by atoms with Gasteiger partial charge in [0.1, 0.15) is 13.1 Å². The number of anilines is 1. The molecular weight excluding hydrogens is 340 g/mol. The molecule has 0 aliphatic carbocycles. The summed E-state index contributed by atoms with van der Waals surface area (Å²) in [5.74, 6) is -0.670. The van der Waals surface area contributed by atoms with Crippen LogP contribution in [0.1, 0.15) is 11.1 Å². The molecule has 0 saturated carbocycles. The van der Waals surface area contributed by atoms with E-state index < -0.39 is 35.1 Å². The molecule has 1 aromatic carbocycles. The van der Waals surface area contributed by atoms with Gasteiger partial charge in [-0.1, -0.05) is 0 Å². The summed E-state index contributed by atoms with van der Waals surface area (Å²) in [7, 11) is 3.82. The second-order valence-electron chi connectivity index (χ2n) is 5.58. The highest BCUT2D eigenvalue weighted by Crippen LogP contribution is 2.37. The minimum absolute atomic E-state index is 0.0155. The lowest BCUT2D eigenvalue weighted by molar-refractivity contribution is -0.873. The molecule has 0 fully saturated rings. The zero-order valence-electron chi connectivity index (χ0n) is 13.1.